The Bertz CT molecular complexity index is 467. The number of carbonyl (C=O) groups excluding carboxylic acids is 1. The summed E-state index contributed by atoms with van der Waals surface area (Å²) >= 11 is 0. The van der Waals surface area contributed by atoms with Crippen molar-refractivity contribution in [2.45, 2.75) is 45.8 Å². The van der Waals surface area contributed by atoms with Gasteiger partial charge in [-0.2, -0.15) is 0 Å². The van der Waals surface area contributed by atoms with Crippen molar-refractivity contribution in [3.63, 3.8) is 0 Å². The number of nitrogens with zero attached hydrogens (tertiary/aromatic N) is 1. The van der Waals surface area contributed by atoms with E-state index in [1.54, 1.807) is 0 Å². The highest BCUT2D eigenvalue weighted by Crippen LogP contribution is 2.22. The number of aryl methyl sites for hydroxylation is 1. The van der Waals surface area contributed by atoms with E-state index in [9.17, 15) is 4.79 Å². The van der Waals surface area contributed by atoms with Crippen molar-refractivity contribution >= 4 is 11.6 Å². The lowest BCUT2D eigenvalue weighted by Crippen LogP contribution is -2.40. The molecule has 1 heterocycles. The lowest BCUT2D eigenvalue weighted by molar-refractivity contribution is -0.124. The zero-order valence-electron chi connectivity index (χ0n) is 13.2. The van der Waals surface area contributed by atoms with Crippen LogP contribution in [0.25, 0.3) is 0 Å². The van der Waals surface area contributed by atoms with Gasteiger partial charge in [-0.3, -0.25) is 4.79 Å². The van der Waals surface area contributed by atoms with E-state index in [0.29, 0.717) is 6.61 Å². The van der Waals surface area contributed by atoms with E-state index >= 15 is 0 Å². The fourth-order valence-electron chi connectivity index (χ4n) is 2.66. The van der Waals surface area contributed by atoms with Crippen LogP contribution in [0.1, 0.15) is 32.3 Å². The van der Waals surface area contributed by atoms with E-state index in [1.165, 1.54) is 0 Å². The molecule has 1 atom stereocenters. The Morgan fingerprint density at radius 2 is 2.19 bits per heavy atom. The van der Waals surface area contributed by atoms with E-state index in [4.69, 9.17) is 9.47 Å². The first-order valence-corrected chi connectivity index (χ1v) is 7.66. The highest BCUT2D eigenvalue weighted by Gasteiger charge is 2.22. The summed E-state index contributed by atoms with van der Waals surface area (Å²) in [4.78, 5) is 14.3. The molecule has 1 aliphatic heterocycles. The molecule has 0 N–H and O–H groups in total. The quantitative estimate of drug-likeness (QED) is 0.809. The number of ether oxygens (including phenoxy) is 2. The molecule has 4 nitrogen and oxygen atoms in total. The van der Waals surface area contributed by atoms with Crippen molar-refractivity contribution in [3.05, 3.63) is 29.8 Å². The van der Waals surface area contributed by atoms with Crippen LogP contribution in [0.5, 0.6) is 0 Å². The molecule has 1 aromatic carbocycles. The summed E-state index contributed by atoms with van der Waals surface area (Å²) in [6.45, 7) is 7.47. The molecular weight excluding hydrogens is 266 g/mol. The average molecular weight is 291 g/mol. The van der Waals surface area contributed by atoms with E-state index in [0.717, 1.165) is 30.7 Å². The van der Waals surface area contributed by atoms with Crippen molar-refractivity contribution in [2.24, 2.45) is 0 Å². The molecule has 1 fully saturated rings. The average Bonchev–Trinajstić information content (AvgIpc) is 2.94. The van der Waals surface area contributed by atoms with Crippen molar-refractivity contribution in [1.82, 2.24) is 0 Å². The molecule has 0 aliphatic carbocycles. The Balaban J connectivity index is 1.94. The second kappa shape index (κ2) is 7.57. The van der Waals surface area contributed by atoms with E-state index < -0.39 is 0 Å². The van der Waals surface area contributed by atoms with Gasteiger partial charge in [0.2, 0.25) is 0 Å². The van der Waals surface area contributed by atoms with Crippen LogP contribution in [0.4, 0.5) is 5.69 Å². The second-order valence-corrected chi connectivity index (χ2v) is 5.79. The third-order valence-corrected chi connectivity index (χ3v) is 3.71. The Hall–Kier alpha value is -1.39. The summed E-state index contributed by atoms with van der Waals surface area (Å²) in [6, 6.07) is 8.04. The molecule has 0 bridgehead atoms. The molecule has 4 heteroatoms. The van der Waals surface area contributed by atoms with Crippen LogP contribution < -0.4 is 4.90 Å². The van der Waals surface area contributed by atoms with Crippen molar-refractivity contribution in [1.29, 1.82) is 0 Å². The molecule has 1 saturated heterocycles. The Morgan fingerprint density at radius 3 is 2.81 bits per heavy atom. The molecule has 0 spiro atoms. The maximum absolute atomic E-state index is 12.5. The number of hydrogen-bond acceptors (Lipinski definition) is 3. The molecule has 1 aliphatic rings. The van der Waals surface area contributed by atoms with Gasteiger partial charge in [0.15, 0.2) is 0 Å². The first kappa shape index (κ1) is 16.0. The van der Waals surface area contributed by atoms with Crippen LogP contribution in [0, 0.1) is 6.92 Å². The van der Waals surface area contributed by atoms with Crippen LogP contribution in [-0.4, -0.2) is 37.9 Å². The van der Waals surface area contributed by atoms with Crippen molar-refractivity contribution in [2.75, 3.05) is 24.7 Å². The minimum Gasteiger partial charge on any atom is -0.376 e. The predicted octanol–water partition coefficient (Wildman–Crippen LogP) is 2.93. The van der Waals surface area contributed by atoms with Crippen molar-refractivity contribution < 1.29 is 14.3 Å². The van der Waals surface area contributed by atoms with Crippen LogP contribution >= 0.6 is 0 Å². The number of para-hydroxylation sites is 1. The minimum absolute atomic E-state index is 0.00250. The van der Waals surface area contributed by atoms with Gasteiger partial charge in [0, 0.05) is 18.3 Å². The van der Waals surface area contributed by atoms with E-state index in [-0.39, 0.29) is 24.7 Å². The number of carbonyl (C=O) groups is 1. The largest absolute Gasteiger partial charge is 0.376 e. The van der Waals surface area contributed by atoms with Gasteiger partial charge < -0.3 is 14.4 Å². The smallest absolute Gasteiger partial charge is 0.253 e. The van der Waals surface area contributed by atoms with Gasteiger partial charge in [-0.1, -0.05) is 18.2 Å². The molecule has 1 amide bonds. The summed E-state index contributed by atoms with van der Waals surface area (Å²) in [6.07, 6.45) is 2.27. The van der Waals surface area contributed by atoms with Crippen molar-refractivity contribution in [3.8, 4) is 0 Å². The van der Waals surface area contributed by atoms with E-state index in [2.05, 4.69) is 0 Å². The maximum Gasteiger partial charge on any atom is 0.253 e. The first-order chi connectivity index (χ1) is 10.1. The number of amides is 1. The summed E-state index contributed by atoms with van der Waals surface area (Å²) in [5.74, 6) is -0.00250. The van der Waals surface area contributed by atoms with E-state index in [1.807, 2.05) is 49.9 Å². The maximum atomic E-state index is 12.5. The lowest BCUT2D eigenvalue weighted by atomic mass is 10.1. The fraction of sp³-hybridized carbons (Fsp3) is 0.588. The molecule has 0 radical (unpaired) electrons. The number of anilines is 1. The Labute approximate surface area is 127 Å². The summed E-state index contributed by atoms with van der Waals surface area (Å²) in [5, 5.41) is 0. The summed E-state index contributed by atoms with van der Waals surface area (Å²) < 4.78 is 11.1. The molecular formula is C17H25NO3. The Kier molecular flexibility index (Phi) is 5.76. The van der Waals surface area contributed by atoms with Gasteiger partial charge in [0.05, 0.1) is 12.7 Å². The molecule has 1 aromatic rings. The number of benzene rings is 1. The topological polar surface area (TPSA) is 38.8 Å². The summed E-state index contributed by atoms with van der Waals surface area (Å²) in [7, 11) is 0. The lowest BCUT2D eigenvalue weighted by Gasteiger charge is -2.28. The number of rotatable bonds is 6. The monoisotopic (exact) mass is 291 g/mol. The van der Waals surface area contributed by atoms with Crippen LogP contribution in [-0.2, 0) is 14.3 Å². The van der Waals surface area contributed by atoms with Gasteiger partial charge in [-0.25, -0.2) is 0 Å². The Morgan fingerprint density at radius 1 is 1.43 bits per heavy atom. The minimum atomic E-state index is -0.00250. The first-order valence-electron chi connectivity index (χ1n) is 7.66. The standard InChI is InChI=1S/C17H25NO3/c1-13(2)18(16-9-5-4-7-14(16)3)17(19)12-20-11-15-8-6-10-21-15/h4-5,7,9,13,15H,6,8,10-12H2,1-3H3/t15-/m0/s1. The normalized spacial score (nSPS) is 18.2. The zero-order valence-corrected chi connectivity index (χ0v) is 13.2. The molecule has 0 unspecified atom stereocenters. The number of hydrogen-bond donors (Lipinski definition) is 0. The SMILES string of the molecule is Cc1ccccc1N(C(=O)COC[C@@H]1CCCO1)C(C)C. The molecule has 0 aromatic heterocycles. The third kappa shape index (κ3) is 4.29. The second-order valence-electron chi connectivity index (χ2n) is 5.79. The highest BCUT2D eigenvalue weighted by molar-refractivity contribution is 5.95. The van der Waals surface area contributed by atoms with Gasteiger partial charge in [0.1, 0.15) is 6.61 Å². The predicted molar refractivity (Wildman–Crippen MR) is 83.6 cm³/mol. The molecule has 116 valence electrons. The zero-order chi connectivity index (χ0) is 15.2. The molecule has 2 rings (SSSR count). The van der Waals surface area contributed by atoms with Crippen LogP contribution in [0.2, 0.25) is 0 Å². The molecule has 0 saturated carbocycles. The fourth-order valence-corrected chi connectivity index (χ4v) is 2.66. The molecule has 21 heavy (non-hydrogen) atoms. The summed E-state index contributed by atoms with van der Waals surface area (Å²) in [5.41, 5.74) is 2.05. The van der Waals surface area contributed by atoms with Gasteiger partial charge in [0.25, 0.3) is 5.91 Å². The van der Waals surface area contributed by atoms with Crippen LogP contribution in [0.15, 0.2) is 24.3 Å². The van der Waals surface area contributed by atoms with Crippen LogP contribution in [0.3, 0.4) is 0 Å². The highest BCUT2D eigenvalue weighted by atomic mass is 16.5. The third-order valence-electron chi connectivity index (χ3n) is 3.71. The van der Waals surface area contributed by atoms with Gasteiger partial charge in [-0.05, 0) is 45.2 Å². The van der Waals surface area contributed by atoms with Gasteiger partial charge >= 0.3 is 0 Å². The van der Waals surface area contributed by atoms with Gasteiger partial charge in [-0.15, -0.1) is 0 Å².